The number of hydrogen-bond acceptors (Lipinski definition) is 6. The smallest absolute Gasteiger partial charge is 0.251 e. The van der Waals surface area contributed by atoms with Crippen LogP contribution in [0, 0.1) is 0 Å². The van der Waals surface area contributed by atoms with Gasteiger partial charge >= 0.3 is 0 Å². The number of hydrogen-bond donors (Lipinski definition) is 1. The lowest BCUT2D eigenvalue weighted by Gasteiger charge is -2.15. The summed E-state index contributed by atoms with van der Waals surface area (Å²) in [5.41, 5.74) is 2.38. The van der Waals surface area contributed by atoms with Gasteiger partial charge in [-0.1, -0.05) is 19.1 Å². The molecule has 1 amide bonds. The largest absolute Gasteiger partial charge is 0.363 e. The molecular formula is C19H21N5OS. The second-order valence-corrected chi connectivity index (χ2v) is 6.96. The molecule has 26 heavy (non-hydrogen) atoms. The fraction of sp³-hybridized carbons (Fsp3) is 0.263. The SMILES string of the molecule is CC[C@H](NC(=O)c1ccc(-c2cc(N(C)C)ncn2)cc1)c1nccs1. The minimum absolute atomic E-state index is 0.0632. The molecule has 1 aromatic carbocycles. The van der Waals surface area contributed by atoms with E-state index in [1.807, 2.05) is 61.6 Å². The molecule has 0 unspecified atom stereocenters. The zero-order chi connectivity index (χ0) is 18.5. The quantitative estimate of drug-likeness (QED) is 0.721. The summed E-state index contributed by atoms with van der Waals surface area (Å²) in [6.07, 6.45) is 4.10. The van der Waals surface area contributed by atoms with Crippen molar-refractivity contribution in [3.63, 3.8) is 0 Å². The second kappa shape index (κ2) is 8.05. The lowest BCUT2D eigenvalue weighted by molar-refractivity contribution is 0.0935. The molecule has 0 aliphatic rings. The summed E-state index contributed by atoms with van der Waals surface area (Å²) in [5.74, 6) is 0.737. The molecule has 2 heterocycles. The molecule has 0 radical (unpaired) electrons. The molecule has 2 aromatic heterocycles. The Morgan fingerprint density at radius 2 is 1.96 bits per heavy atom. The molecule has 3 aromatic rings. The summed E-state index contributed by atoms with van der Waals surface area (Å²) in [7, 11) is 3.87. The Hall–Kier alpha value is -2.80. The van der Waals surface area contributed by atoms with Crippen molar-refractivity contribution in [2.45, 2.75) is 19.4 Å². The highest BCUT2D eigenvalue weighted by Gasteiger charge is 2.16. The Balaban J connectivity index is 1.75. The number of anilines is 1. The number of thiazole rings is 1. The predicted octanol–water partition coefficient (Wildman–Crippen LogP) is 3.55. The average Bonchev–Trinajstić information content (AvgIpc) is 3.20. The summed E-state index contributed by atoms with van der Waals surface area (Å²) in [5, 5.41) is 5.89. The first-order valence-corrected chi connectivity index (χ1v) is 9.26. The number of nitrogens with one attached hydrogen (secondary N) is 1. The minimum Gasteiger partial charge on any atom is -0.363 e. The summed E-state index contributed by atoms with van der Waals surface area (Å²) in [6, 6.07) is 9.30. The van der Waals surface area contributed by atoms with Gasteiger partial charge in [0.1, 0.15) is 17.2 Å². The Kier molecular flexibility index (Phi) is 5.58. The van der Waals surface area contributed by atoms with Gasteiger partial charge in [0, 0.05) is 42.9 Å². The van der Waals surface area contributed by atoms with Gasteiger partial charge in [0.05, 0.1) is 11.7 Å². The van der Waals surface area contributed by atoms with Crippen LogP contribution in [0.2, 0.25) is 0 Å². The number of carbonyl (C=O) groups is 1. The van der Waals surface area contributed by atoms with Crippen LogP contribution in [0.15, 0.2) is 48.2 Å². The first-order chi connectivity index (χ1) is 12.6. The summed E-state index contributed by atoms with van der Waals surface area (Å²) < 4.78 is 0. The van der Waals surface area contributed by atoms with Crippen molar-refractivity contribution in [2.24, 2.45) is 0 Å². The normalized spacial score (nSPS) is 11.8. The van der Waals surface area contributed by atoms with E-state index in [0.29, 0.717) is 5.56 Å². The van der Waals surface area contributed by atoms with Crippen LogP contribution in [0.4, 0.5) is 5.82 Å². The van der Waals surface area contributed by atoms with E-state index in [9.17, 15) is 4.79 Å². The number of benzene rings is 1. The number of amides is 1. The molecule has 0 bridgehead atoms. The van der Waals surface area contributed by atoms with Crippen LogP contribution >= 0.6 is 11.3 Å². The summed E-state index contributed by atoms with van der Waals surface area (Å²) >= 11 is 1.55. The van der Waals surface area contributed by atoms with Crippen LogP contribution in [0.1, 0.15) is 34.8 Å². The highest BCUT2D eigenvalue weighted by atomic mass is 32.1. The first-order valence-electron chi connectivity index (χ1n) is 8.38. The van der Waals surface area contributed by atoms with E-state index in [1.165, 1.54) is 0 Å². The molecule has 6 nitrogen and oxygen atoms in total. The monoisotopic (exact) mass is 367 g/mol. The molecule has 1 atom stereocenters. The van der Waals surface area contributed by atoms with Crippen LogP contribution in [0.5, 0.6) is 0 Å². The van der Waals surface area contributed by atoms with Gasteiger partial charge in [-0.05, 0) is 18.6 Å². The van der Waals surface area contributed by atoms with Gasteiger partial charge in [-0.25, -0.2) is 15.0 Å². The van der Waals surface area contributed by atoms with Gasteiger partial charge in [-0.15, -0.1) is 11.3 Å². The molecule has 1 N–H and O–H groups in total. The van der Waals surface area contributed by atoms with E-state index >= 15 is 0 Å². The summed E-state index contributed by atoms with van der Waals surface area (Å²) in [6.45, 7) is 2.03. The molecule has 7 heteroatoms. The van der Waals surface area contributed by atoms with Crippen molar-refractivity contribution < 1.29 is 4.79 Å². The van der Waals surface area contributed by atoms with Crippen LogP contribution in [0.3, 0.4) is 0 Å². The van der Waals surface area contributed by atoms with Crippen molar-refractivity contribution >= 4 is 23.1 Å². The second-order valence-electron chi connectivity index (χ2n) is 6.04. The predicted molar refractivity (Wildman–Crippen MR) is 104 cm³/mol. The molecule has 0 aliphatic carbocycles. The van der Waals surface area contributed by atoms with Gasteiger partial charge in [-0.2, -0.15) is 0 Å². The molecule has 0 fully saturated rings. The summed E-state index contributed by atoms with van der Waals surface area (Å²) in [4.78, 5) is 27.3. The fourth-order valence-electron chi connectivity index (χ4n) is 2.53. The Labute approximate surface area is 157 Å². The lowest BCUT2D eigenvalue weighted by atomic mass is 10.1. The molecule has 0 saturated carbocycles. The zero-order valence-electron chi connectivity index (χ0n) is 15.0. The van der Waals surface area contributed by atoms with E-state index in [1.54, 1.807) is 23.9 Å². The molecule has 0 spiro atoms. The molecule has 3 rings (SSSR count). The van der Waals surface area contributed by atoms with Crippen LogP contribution in [0.25, 0.3) is 11.3 Å². The third-order valence-electron chi connectivity index (χ3n) is 4.02. The zero-order valence-corrected chi connectivity index (χ0v) is 15.8. The number of rotatable bonds is 6. The van der Waals surface area contributed by atoms with Gasteiger partial charge in [0.25, 0.3) is 5.91 Å². The molecular weight excluding hydrogens is 346 g/mol. The molecule has 0 aliphatic heterocycles. The van der Waals surface area contributed by atoms with E-state index in [0.717, 1.165) is 28.5 Å². The number of nitrogens with zero attached hydrogens (tertiary/aromatic N) is 4. The van der Waals surface area contributed by atoms with Crippen LogP contribution in [-0.2, 0) is 0 Å². The lowest BCUT2D eigenvalue weighted by Crippen LogP contribution is -2.28. The Morgan fingerprint density at radius 1 is 1.19 bits per heavy atom. The third kappa shape index (κ3) is 4.05. The fourth-order valence-corrected chi connectivity index (χ4v) is 3.30. The Bertz CT molecular complexity index is 862. The third-order valence-corrected chi connectivity index (χ3v) is 4.91. The number of aromatic nitrogens is 3. The van der Waals surface area contributed by atoms with E-state index in [2.05, 4.69) is 20.3 Å². The van der Waals surface area contributed by atoms with Crippen molar-refractivity contribution in [2.75, 3.05) is 19.0 Å². The van der Waals surface area contributed by atoms with Crippen LogP contribution < -0.4 is 10.2 Å². The molecule has 0 saturated heterocycles. The number of carbonyl (C=O) groups excluding carboxylic acids is 1. The van der Waals surface area contributed by atoms with Crippen molar-refractivity contribution in [1.82, 2.24) is 20.3 Å². The maximum atomic E-state index is 12.5. The van der Waals surface area contributed by atoms with Gasteiger partial charge in [0.2, 0.25) is 0 Å². The van der Waals surface area contributed by atoms with Gasteiger partial charge < -0.3 is 10.2 Å². The average molecular weight is 367 g/mol. The van der Waals surface area contributed by atoms with E-state index in [-0.39, 0.29) is 11.9 Å². The van der Waals surface area contributed by atoms with E-state index in [4.69, 9.17) is 0 Å². The van der Waals surface area contributed by atoms with Gasteiger partial charge in [-0.3, -0.25) is 4.79 Å². The highest BCUT2D eigenvalue weighted by Crippen LogP contribution is 2.22. The van der Waals surface area contributed by atoms with Crippen molar-refractivity contribution in [3.8, 4) is 11.3 Å². The standard InChI is InChI=1S/C19H21N5OS/c1-4-15(19-20-9-10-26-19)23-18(25)14-7-5-13(6-8-14)16-11-17(24(2)3)22-12-21-16/h5-12,15H,4H2,1-3H3,(H,23,25)/t15-/m0/s1. The highest BCUT2D eigenvalue weighted by molar-refractivity contribution is 7.09. The molecule has 134 valence electrons. The van der Waals surface area contributed by atoms with Gasteiger partial charge in [0.15, 0.2) is 0 Å². The Morgan fingerprint density at radius 3 is 2.58 bits per heavy atom. The first kappa shape index (κ1) is 18.0. The maximum absolute atomic E-state index is 12.5. The maximum Gasteiger partial charge on any atom is 0.251 e. The minimum atomic E-state index is -0.102. The van der Waals surface area contributed by atoms with Crippen molar-refractivity contribution in [1.29, 1.82) is 0 Å². The topological polar surface area (TPSA) is 71.0 Å². The van der Waals surface area contributed by atoms with Crippen molar-refractivity contribution in [3.05, 3.63) is 58.8 Å². The van der Waals surface area contributed by atoms with Crippen LogP contribution in [-0.4, -0.2) is 35.0 Å². The van der Waals surface area contributed by atoms with E-state index < -0.39 is 0 Å².